The fraction of sp³-hybridized carbons (Fsp3) is 0.684. The van der Waals surface area contributed by atoms with Crippen molar-refractivity contribution >= 4 is 25.8 Å². The summed E-state index contributed by atoms with van der Waals surface area (Å²) >= 11 is 0. The zero-order chi connectivity index (χ0) is 30.6. The average Bonchev–Trinajstić information content (AvgIpc) is 3.33. The van der Waals surface area contributed by atoms with E-state index in [4.69, 9.17) is 9.31 Å². The van der Waals surface area contributed by atoms with Gasteiger partial charge in [-0.15, -0.1) is 0 Å². The Hall–Kier alpha value is -1.36. The van der Waals surface area contributed by atoms with Gasteiger partial charge in [-0.1, -0.05) is 152 Å². The van der Waals surface area contributed by atoms with Crippen molar-refractivity contribution < 1.29 is 9.31 Å². The third-order valence-corrected chi connectivity index (χ3v) is 12.7. The minimum Gasteiger partial charge on any atom is -0.399 e. The minimum atomic E-state index is -1.45. The largest absolute Gasteiger partial charge is 0.494 e. The molecule has 1 aliphatic heterocycles. The van der Waals surface area contributed by atoms with Gasteiger partial charge in [-0.3, -0.25) is 0 Å². The molecule has 232 valence electrons. The Kier molecular flexibility index (Phi) is 11.0. The van der Waals surface area contributed by atoms with Crippen LogP contribution in [0.2, 0.25) is 19.6 Å². The van der Waals surface area contributed by atoms with Gasteiger partial charge in [0.15, 0.2) is 0 Å². The van der Waals surface area contributed by atoms with Crippen LogP contribution in [0, 0.1) is 0 Å². The number of hydrogen-bond acceptors (Lipinski definition) is 2. The smallest absolute Gasteiger partial charge is 0.399 e. The molecule has 0 amide bonds. The highest BCUT2D eigenvalue weighted by molar-refractivity contribution is 6.88. The van der Waals surface area contributed by atoms with E-state index in [1.54, 1.807) is 16.3 Å². The molecule has 4 heteroatoms. The second kappa shape index (κ2) is 13.7. The molecule has 2 aromatic carbocycles. The quantitative estimate of drug-likeness (QED) is 0.143. The summed E-state index contributed by atoms with van der Waals surface area (Å²) in [6.45, 7) is 20.8. The van der Waals surface area contributed by atoms with Crippen molar-refractivity contribution in [1.29, 1.82) is 0 Å². The van der Waals surface area contributed by atoms with E-state index in [0.717, 1.165) is 0 Å². The van der Waals surface area contributed by atoms with Crippen LogP contribution in [0.4, 0.5) is 0 Å². The van der Waals surface area contributed by atoms with Gasteiger partial charge in [0.25, 0.3) is 0 Å². The van der Waals surface area contributed by atoms with Crippen molar-refractivity contribution in [3.8, 4) is 11.1 Å². The normalized spacial score (nSPS) is 18.4. The highest BCUT2D eigenvalue weighted by atomic mass is 28.3. The summed E-state index contributed by atoms with van der Waals surface area (Å²) in [5.74, 6) is 0. The number of unbranched alkanes of at least 4 members (excludes halogenated alkanes) is 10. The average molecular weight is 589 g/mol. The highest BCUT2D eigenvalue weighted by Gasteiger charge is 2.52. The van der Waals surface area contributed by atoms with Gasteiger partial charge in [0, 0.05) is 5.41 Å². The summed E-state index contributed by atoms with van der Waals surface area (Å²) in [6, 6.07) is 14.8. The molecule has 0 atom stereocenters. The first kappa shape index (κ1) is 33.5. The van der Waals surface area contributed by atoms with E-state index in [-0.39, 0.29) is 23.7 Å². The van der Waals surface area contributed by atoms with Crippen LogP contribution in [0.5, 0.6) is 0 Å². The van der Waals surface area contributed by atoms with Gasteiger partial charge in [-0.05, 0) is 68.3 Å². The monoisotopic (exact) mass is 588 g/mol. The summed E-state index contributed by atoms with van der Waals surface area (Å²) in [6.07, 6.45) is 18.6. The number of rotatable bonds is 16. The molecule has 2 aliphatic rings. The Labute approximate surface area is 260 Å². The Morgan fingerprint density at radius 3 is 1.55 bits per heavy atom. The van der Waals surface area contributed by atoms with E-state index >= 15 is 0 Å². The standard InChI is InChI=1S/C38H61BO2Si/c1-10-12-14-16-18-20-26-38(27-21-19-17-15-13-11-2)34-28-30(39-40-36(3,4)37(5,6)41-39)22-24-32(34)33-25-23-31(29-35(33)38)42(7,8)9/h22-25,28-29H,10-21,26-27H2,1-9H3. The molecule has 4 rings (SSSR count). The zero-order valence-electron chi connectivity index (χ0n) is 28.8. The van der Waals surface area contributed by atoms with Gasteiger partial charge in [0.1, 0.15) is 0 Å². The molecule has 42 heavy (non-hydrogen) atoms. The first-order chi connectivity index (χ1) is 19.9. The Bertz CT molecular complexity index is 1150. The SMILES string of the molecule is CCCCCCCCC1(CCCCCCCC)c2cc(B3OC(C)(C)C(C)(C)O3)ccc2-c2ccc([Si](C)(C)C)cc21. The van der Waals surface area contributed by atoms with Gasteiger partial charge < -0.3 is 9.31 Å². The predicted octanol–water partition coefficient (Wildman–Crippen LogP) is 10.3. The number of hydrogen-bond donors (Lipinski definition) is 0. The van der Waals surface area contributed by atoms with Gasteiger partial charge in [0.2, 0.25) is 0 Å². The van der Waals surface area contributed by atoms with Crippen LogP contribution in [0.3, 0.4) is 0 Å². The van der Waals surface area contributed by atoms with E-state index in [9.17, 15) is 0 Å². The van der Waals surface area contributed by atoms with E-state index in [0.29, 0.717) is 0 Å². The van der Waals surface area contributed by atoms with Crippen LogP contribution >= 0.6 is 0 Å². The first-order valence-corrected chi connectivity index (χ1v) is 21.0. The zero-order valence-corrected chi connectivity index (χ0v) is 29.8. The molecule has 0 spiro atoms. The lowest BCUT2D eigenvalue weighted by molar-refractivity contribution is 0.00578. The van der Waals surface area contributed by atoms with E-state index < -0.39 is 8.07 Å². The van der Waals surface area contributed by atoms with Crippen molar-refractivity contribution in [3.05, 3.63) is 47.5 Å². The topological polar surface area (TPSA) is 18.5 Å². The fourth-order valence-electron chi connectivity index (χ4n) is 7.18. The van der Waals surface area contributed by atoms with E-state index in [1.807, 2.05) is 0 Å². The molecule has 0 radical (unpaired) electrons. The van der Waals surface area contributed by atoms with Crippen LogP contribution < -0.4 is 10.6 Å². The second-order valence-electron chi connectivity index (χ2n) is 15.5. The lowest BCUT2D eigenvalue weighted by Gasteiger charge is -2.34. The third-order valence-electron chi connectivity index (χ3n) is 10.7. The van der Waals surface area contributed by atoms with Crippen molar-refractivity contribution in [2.45, 2.75) is 168 Å². The van der Waals surface area contributed by atoms with Crippen molar-refractivity contribution in [2.24, 2.45) is 0 Å². The van der Waals surface area contributed by atoms with Crippen LogP contribution in [0.1, 0.15) is 143 Å². The first-order valence-electron chi connectivity index (χ1n) is 17.5. The lowest BCUT2D eigenvalue weighted by atomic mass is 9.68. The molecule has 0 bridgehead atoms. The van der Waals surface area contributed by atoms with Gasteiger partial charge >= 0.3 is 7.12 Å². The highest BCUT2D eigenvalue weighted by Crippen LogP contribution is 2.54. The third kappa shape index (κ3) is 7.13. The van der Waals surface area contributed by atoms with Crippen molar-refractivity contribution in [2.75, 3.05) is 0 Å². The lowest BCUT2D eigenvalue weighted by Crippen LogP contribution is -2.41. The van der Waals surface area contributed by atoms with Gasteiger partial charge in [-0.2, -0.15) is 0 Å². The molecule has 0 unspecified atom stereocenters. The summed E-state index contributed by atoms with van der Waals surface area (Å²) in [5, 5.41) is 1.59. The fourth-order valence-corrected chi connectivity index (χ4v) is 8.34. The molecule has 1 fully saturated rings. The Balaban J connectivity index is 1.75. The van der Waals surface area contributed by atoms with Gasteiger partial charge in [-0.25, -0.2) is 0 Å². The molecule has 0 saturated carbocycles. The summed E-state index contributed by atoms with van der Waals surface area (Å²) in [7, 11) is -1.77. The second-order valence-corrected chi connectivity index (χ2v) is 20.6. The molecule has 0 aromatic heterocycles. The summed E-state index contributed by atoms with van der Waals surface area (Å²) < 4.78 is 13.1. The summed E-state index contributed by atoms with van der Waals surface area (Å²) in [5.41, 5.74) is 6.68. The molecular weight excluding hydrogens is 527 g/mol. The Morgan fingerprint density at radius 2 is 1.05 bits per heavy atom. The van der Waals surface area contributed by atoms with Crippen molar-refractivity contribution in [1.82, 2.24) is 0 Å². The van der Waals surface area contributed by atoms with Crippen LogP contribution in [-0.2, 0) is 14.7 Å². The maximum Gasteiger partial charge on any atom is 0.494 e. The molecule has 0 N–H and O–H groups in total. The van der Waals surface area contributed by atoms with Crippen LogP contribution in [-0.4, -0.2) is 26.4 Å². The molecule has 1 heterocycles. The van der Waals surface area contributed by atoms with Crippen LogP contribution in [0.15, 0.2) is 36.4 Å². The molecular formula is C38H61BO2Si. The number of fused-ring (bicyclic) bond motifs is 3. The molecule has 2 nitrogen and oxygen atoms in total. The predicted molar refractivity (Wildman–Crippen MR) is 187 cm³/mol. The molecule has 1 saturated heterocycles. The maximum absolute atomic E-state index is 6.57. The van der Waals surface area contributed by atoms with Crippen molar-refractivity contribution in [3.63, 3.8) is 0 Å². The van der Waals surface area contributed by atoms with E-state index in [2.05, 4.69) is 97.6 Å². The molecule has 2 aromatic rings. The van der Waals surface area contributed by atoms with E-state index in [1.165, 1.54) is 106 Å². The molecule has 1 aliphatic carbocycles. The number of benzene rings is 2. The Morgan fingerprint density at radius 1 is 0.595 bits per heavy atom. The van der Waals surface area contributed by atoms with Crippen LogP contribution in [0.25, 0.3) is 11.1 Å². The minimum absolute atomic E-state index is 0.0789. The summed E-state index contributed by atoms with van der Waals surface area (Å²) in [4.78, 5) is 0. The van der Waals surface area contributed by atoms with Gasteiger partial charge in [0.05, 0.1) is 19.3 Å². The maximum atomic E-state index is 6.57.